The third-order valence-electron chi connectivity index (χ3n) is 4.54. The topological polar surface area (TPSA) is 68.7 Å². The number of hydrogen-bond acceptors (Lipinski definition) is 5. The van der Waals surface area contributed by atoms with Gasteiger partial charge in [0.15, 0.2) is 11.5 Å². The highest BCUT2D eigenvalue weighted by atomic mass is 32.2. The van der Waals surface area contributed by atoms with Gasteiger partial charge in [0, 0.05) is 18.0 Å². The molecule has 0 atom stereocenters. The number of para-hydroxylation sites is 1. The van der Waals surface area contributed by atoms with Crippen LogP contribution in [0, 0.1) is 0 Å². The fourth-order valence-electron chi connectivity index (χ4n) is 3.22. The number of hydrogen-bond donors (Lipinski definition) is 0. The van der Waals surface area contributed by atoms with E-state index in [1.165, 1.54) is 30.7 Å². The van der Waals surface area contributed by atoms with Gasteiger partial charge in [0.2, 0.25) is 0 Å². The third kappa shape index (κ3) is 2.55. The molecule has 7 heteroatoms. The zero-order chi connectivity index (χ0) is 18.3. The lowest BCUT2D eigenvalue weighted by molar-refractivity contribution is 0.354. The predicted molar refractivity (Wildman–Crippen MR) is 99.5 cm³/mol. The minimum atomic E-state index is -3.74. The van der Waals surface area contributed by atoms with E-state index in [0.717, 1.165) is 16.5 Å². The van der Waals surface area contributed by atoms with E-state index in [1.54, 1.807) is 6.07 Å². The van der Waals surface area contributed by atoms with Crippen molar-refractivity contribution in [3.8, 4) is 11.5 Å². The van der Waals surface area contributed by atoms with Crippen molar-refractivity contribution in [1.82, 2.24) is 4.98 Å². The van der Waals surface area contributed by atoms with E-state index in [1.807, 2.05) is 30.3 Å². The number of ether oxygens (including phenoxy) is 2. The molecule has 0 saturated carbocycles. The molecule has 1 aliphatic heterocycles. The summed E-state index contributed by atoms with van der Waals surface area (Å²) in [5.74, 6) is 1.36. The Morgan fingerprint density at radius 1 is 1.00 bits per heavy atom. The van der Waals surface area contributed by atoms with Crippen LogP contribution in [0.1, 0.15) is 5.56 Å². The Bertz CT molecular complexity index is 1100. The highest BCUT2D eigenvalue weighted by Crippen LogP contribution is 2.36. The summed E-state index contributed by atoms with van der Waals surface area (Å²) in [6.45, 7) is 0.370. The second-order valence-corrected chi connectivity index (χ2v) is 7.87. The summed E-state index contributed by atoms with van der Waals surface area (Å²) >= 11 is 0. The molecule has 4 rings (SSSR count). The van der Waals surface area contributed by atoms with Crippen LogP contribution >= 0.6 is 0 Å². The summed E-state index contributed by atoms with van der Waals surface area (Å²) in [5, 5.41) is 1.01. The molecule has 0 bridgehead atoms. The molecule has 0 radical (unpaired) electrons. The number of benzene rings is 2. The Kier molecular flexibility index (Phi) is 3.96. The van der Waals surface area contributed by atoms with E-state index < -0.39 is 10.0 Å². The van der Waals surface area contributed by atoms with E-state index >= 15 is 0 Å². The molecule has 26 heavy (non-hydrogen) atoms. The van der Waals surface area contributed by atoms with Gasteiger partial charge in [-0.25, -0.2) is 17.7 Å². The van der Waals surface area contributed by atoms with Crippen LogP contribution in [0.2, 0.25) is 0 Å². The Labute approximate surface area is 152 Å². The average molecular weight is 370 g/mol. The van der Waals surface area contributed by atoms with Crippen LogP contribution in [0.5, 0.6) is 11.5 Å². The minimum Gasteiger partial charge on any atom is -0.493 e. The number of nitrogens with zero attached hydrogens (tertiary/aromatic N) is 2. The van der Waals surface area contributed by atoms with Gasteiger partial charge in [0.05, 0.1) is 24.6 Å². The van der Waals surface area contributed by atoms with Gasteiger partial charge < -0.3 is 9.47 Å². The molecule has 0 N–H and O–H groups in total. The Morgan fingerprint density at radius 3 is 2.54 bits per heavy atom. The molecule has 1 aromatic heterocycles. The Balaban J connectivity index is 1.80. The molecular formula is C19H18N2O4S. The van der Waals surface area contributed by atoms with Gasteiger partial charge in [-0.3, -0.25) is 0 Å². The SMILES string of the molecule is COc1ccc(S(=O)(=O)N2CCc3cc4ccccc4nc32)cc1OC. The summed E-state index contributed by atoms with van der Waals surface area (Å²) in [7, 11) is -0.752. The van der Waals surface area contributed by atoms with Gasteiger partial charge >= 0.3 is 0 Å². The molecular weight excluding hydrogens is 352 g/mol. The molecule has 0 fully saturated rings. The first-order valence-corrected chi connectivity index (χ1v) is 9.62. The zero-order valence-electron chi connectivity index (χ0n) is 14.5. The molecule has 3 aromatic rings. The molecule has 2 heterocycles. The van der Waals surface area contributed by atoms with Crippen LogP contribution in [0.3, 0.4) is 0 Å². The molecule has 0 amide bonds. The largest absolute Gasteiger partial charge is 0.493 e. The molecule has 0 saturated heterocycles. The second-order valence-electron chi connectivity index (χ2n) is 6.01. The first-order chi connectivity index (χ1) is 12.5. The van der Waals surface area contributed by atoms with Gasteiger partial charge in [-0.05, 0) is 36.2 Å². The van der Waals surface area contributed by atoms with Crippen molar-refractivity contribution >= 4 is 26.7 Å². The van der Waals surface area contributed by atoms with E-state index in [2.05, 4.69) is 4.98 Å². The number of pyridine rings is 1. The number of aromatic nitrogens is 1. The molecule has 1 aliphatic rings. The molecule has 6 nitrogen and oxygen atoms in total. The van der Waals surface area contributed by atoms with E-state index in [4.69, 9.17) is 9.47 Å². The third-order valence-corrected chi connectivity index (χ3v) is 6.33. The molecule has 134 valence electrons. The molecule has 0 aliphatic carbocycles. The predicted octanol–water partition coefficient (Wildman–Crippen LogP) is 3.00. The highest BCUT2D eigenvalue weighted by Gasteiger charge is 2.33. The van der Waals surface area contributed by atoms with Gasteiger partial charge in [-0.15, -0.1) is 0 Å². The quantitative estimate of drug-likeness (QED) is 0.706. The number of fused-ring (bicyclic) bond motifs is 2. The summed E-state index contributed by atoms with van der Waals surface area (Å²) in [6.07, 6.45) is 0.639. The zero-order valence-corrected chi connectivity index (χ0v) is 15.3. The number of anilines is 1. The lowest BCUT2D eigenvalue weighted by Gasteiger charge is -2.19. The van der Waals surface area contributed by atoms with Crippen LogP contribution in [0.15, 0.2) is 53.4 Å². The Morgan fingerprint density at radius 2 is 1.77 bits per heavy atom. The van der Waals surface area contributed by atoms with E-state index in [-0.39, 0.29) is 4.90 Å². The Hall–Kier alpha value is -2.80. The molecule has 0 unspecified atom stereocenters. The van der Waals surface area contributed by atoms with Crippen molar-refractivity contribution in [1.29, 1.82) is 0 Å². The minimum absolute atomic E-state index is 0.151. The van der Waals surface area contributed by atoms with Crippen LogP contribution in [0.4, 0.5) is 5.82 Å². The maximum Gasteiger partial charge on any atom is 0.265 e. The lowest BCUT2D eigenvalue weighted by atomic mass is 10.1. The first kappa shape index (κ1) is 16.7. The summed E-state index contributed by atoms with van der Waals surface area (Å²) in [5.41, 5.74) is 1.72. The van der Waals surface area contributed by atoms with Crippen molar-refractivity contribution < 1.29 is 17.9 Å². The van der Waals surface area contributed by atoms with Crippen LogP contribution in [-0.2, 0) is 16.4 Å². The molecule has 2 aromatic carbocycles. The van der Waals surface area contributed by atoms with Crippen molar-refractivity contribution in [3.63, 3.8) is 0 Å². The van der Waals surface area contributed by atoms with Crippen LogP contribution < -0.4 is 13.8 Å². The smallest absolute Gasteiger partial charge is 0.265 e. The highest BCUT2D eigenvalue weighted by molar-refractivity contribution is 7.92. The summed E-state index contributed by atoms with van der Waals surface area (Å²) in [4.78, 5) is 4.75. The second kappa shape index (κ2) is 6.17. The lowest BCUT2D eigenvalue weighted by Crippen LogP contribution is -2.29. The maximum absolute atomic E-state index is 13.2. The number of rotatable bonds is 4. The fraction of sp³-hybridized carbons (Fsp3) is 0.211. The summed E-state index contributed by atoms with van der Waals surface area (Å²) < 4.78 is 38.2. The van der Waals surface area contributed by atoms with Crippen molar-refractivity contribution in [2.45, 2.75) is 11.3 Å². The van der Waals surface area contributed by atoms with Gasteiger partial charge in [-0.1, -0.05) is 18.2 Å². The normalized spacial score (nSPS) is 13.7. The van der Waals surface area contributed by atoms with Crippen molar-refractivity contribution in [2.75, 3.05) is 25.1 Å². The monoisotopic (exact) mass is 370 g/mol. The van der Waals surface area contributed by atoms with E-state index in [0.29, 0.717) is 30.3 Å². The van der Waals surface area contributed by atoms with Crippen LogP contribution in [-0.4, -0.2) is 34.2 Å². The van der Waals surface area contributed by atoms with Crippen molar-refractivity contribution in [2.24, 2.45) is 0 Å². The molecule has 0 spiro atoms. The number of methoxy groups -OCH3 is 2. The van der Waals surface area contributed by atoms with Crippen LogP contribution in [0.25, 0.3) is 10.9 Å². The fourth-order valence-corrected chi connectivity index (χ4v) is 4.68. The van der Waals surface area contributed by atoms with Gasteiger partial charge in [0.1, 0.15) is 5.82 Å². The maximum atomic E-state index is 13.2. The van der Waals surface area contributed by atoms with Gasteiger partial charge in [0.25, 0.3) is 10.0 Å². The van der Waals surface area contributed by atoms with Gasteiger partial charge in [-0.2, -0.15) is 0 Å². The number of sulfonamides is 1. The first-order valence-electron chi connectivity index (χ1n) is 8.18. The van der Waals surface area contributed by atoms with E-state index in [9.17, 15) is 8.42 Å². The standard InChI is InChI=1S/C19H18N2O4S/c1-24-17-8-7-15(12-18(17)25-2)26(22,23)21-10-9-14-11-13-5-3-4-6-16(13)20-19(14)21/h3-8,11-12H,9-10H2,1-2H3. The van der Waals surface area contributed by atoms with Crippen molar-refractivity contribution in [3.05, 3.63) is 54.1 Å². The average Bonchev–Trinajstić information content (AvgIpc) is 3.09. The summed E-state index contributed by atoms with van der Waals surface area (Å²) in [6, 6.07) is 14.3.